The van der Waals surface area contributed by atoms with Crippen LogP contribution in [0.15, 0.2) is 28.7 Å². The molecule has 1 atom stereocenters. The summed E-state index contributed by atoms with van der Waals surface area (Å²) >= 11 is 4.94. The smallest absolute Gasteiger partial charge is 0.227 e. The molecule has 1 aromatic carbocycles. The van der Waals surface area contributed by atoms with Crippen molar-refractivity contribution in [1.29, 1.82) is 0 Å². The fourth-order valence-corrected chi connectivity index (χ4v) is 2.99. The zero-order chi connectivity index (χ0) is 14.0. The minimum absolute atomic E-state index is 0.144. The molecule has 0 bridgehead atoms. The maximum absolute atomic E-state index is 9.77. The predicted molar refractivity (Wildman–Crippen MR) is 84.0 cm³/mol. The summed E-state index contributed by atoms with van der Waals surface area (Å²) in [6, 6.07) is 8.33. The highest BCUT2D eigenvalue weighted by atomic mass is 79.9. The molecule has 0 amide bonds. The number of thiazole rings is 1. The van der Waals surface area contributed by atoms with E-state index in [0.29, 0.717) is 0 Å². The first kappa shape index (κ1) is 14.3. The number of benzene rings is 1. The van der Waals surface area contributed by atoms with Gasteiger partial charge in [0.05, 0.1) is 10.9 Å². The standard InChI is InChI=1S/C14H17BrN2OS/c1-8(2)12-13(18)17-14(19-12)16-9(3)10-4-6-11(15)7-5-10/h4-9,18H,1-3H3,(H,16,17)/t9-/m0/s1. The molecule has 19 heavy (non-hydrogen) atoms. The molecule has 0 aliphatic heterocycles. The fraction of sp³-hybridized carbons (Fsp3) is 0.357. The molecule has 0 saturated carbocycles. The molecule has 0 aliphatic rings. The number of hydrogen-bond acceptors (Lipinski definition) is 4. The first-order valence-electron chi connectivity index (χ1n) is 6.19. The highest BCUT2D eigenvalue weighted by molar-refractivity contribution is 9.10. The summed E-state index contributed by atoms with van der Waals surface area (Å²) in [6.45, 7) is 6.18. The van der Waals surface area contributed by atoms with E-state index in [0.717, 1.165) is 14.5 Å². The minimum atomic E-state index is 0.144. The Morgan fingerprint density at radius 2 is 1.84 bits per heavy atom. The van der Waals surface area contributed by atoms with E-state index >= 15 is 0 Å². The van der Waals surface area contributed by atoms with Gasteiger partial charge in [0.1, 0.15) is 0 Å². The lowest BCUT2D eigenvalue weighted by molar-refractivity contribution is 0.449. The van der Waals surface area contributed by atoms with Gasteiger partial charge in [0.25, 0.3) is 0 Å². The average molecular weight is 341 g/mol. The highest BCUT2D eigenvalue weighted by Gasteiger charge is 2.15. The van der Waals surface area contributed by atoms with E-state index in [1.165, 1.54) is 16.9 Å². The molecule has 3 nitrogen and oxygen atoms in total. The van der Waals surface area contributed by atoms with Crippen LogP contribution in [0.4, 0.5) is 5.13 Å². The van der Waals surface area contributed by atoms with Gasteiger partial charge < -0.3 is 10.4 Å². The Morgan fingerprint density at radius 1 is 1.21 bits per heavy atom. The molecule has 0 aliphatic carbocycles. The highest BCUT2D eigenvalue weighted by Crippen LogP contribution is 2.35. The van der Waals surface area contributed by atoms with E-state index in [1.807, 2.05) is 12.1 Å². The maximum atomic E-state index is 9.77. The number of aromatic hydroxyl groups is 1. The Hall–Kier alpha value is -1.07. The number of nitrogens with one attached hydrogen (secondary N) is 1. The normalized spacial score (nSPS) is 12.7. The monoisotopic (exact) mass is 340 g/mol. The Kier molecular flexibility index (Phi) is 4.47. The lowest BCUT2D eigenvalue weighted by atomic mass is 10.1. The van der Waals surface area contributed by atoms with Crippen molar-refractivity contribution in [1.82, 2.24) is 4.98 Å². The Bertz CT molecular complexity index is 551. The molecule has 0 fully saturated rings. The summed E-state index contributed by atoms with van der Waals surface area (Å²) in [5, 5.41) is 13.9. The third-order valence-corrected chi connectivity index (χ3v) is 4.67. The molecule has 0 radical (unpaired) electrons. The van der Waals surface area contributed by atoms with Crippen LogP contribution >= 0.6 is 27.3 Å². The van der Waals surface area contributed by atoms with Crippen LogP contribution in [-0.2, 0) is 0 Å². The van der Waals surface area contributed by atoms with Gasteiger partial charge in [0, 0.05) is 4.47 Å². The Morgan fingerprint density at radius 3 is 2.37 bits per heavy atom. The number of rotatable bonds is 4. The van der Waals surface area contributed by atoms with Crippen LogP contribution in [-0.4, -0.2) is 10.1 Å². The molecule has 2 rings (SSSR count). The quantitative estimate of drug-likeness (QED) is 0.831. The van der Waals surface area contributed by atoms with Gasteiger partial charge in [-0.3, -0.25) is 0 Å². The van der Waals surface area contributed by atoms with Crippen LogP contribution in [0.5, 0.6) is 5.88 Å². The number of aromatic nitrogens is 1. The summed E-state index contributed by atoms with van der Waals surface area (Å²) in [4.78, 5) is 5.09. The summed E-state index contributed by atoms with van der Waals surface area (Å²) in [5.74, 6) is 0.432. The first-order valence-corrected chi connectivity index (χ1v) is 7.80. The lowest BCUT2D eigenvalue weighted by Gasteiger charge is -2.13. The van der Waals surface area contributed by atoms with Crippen molar-refractivity contribution in [3.8, 4) is 5.88 Å². The zero-order valence-corrected chi connectivity index (χ0v) is 13.5. The Labute approximate surface area is 125 Å². The van der Waals surface area contributed by atoms with Crippen LogP contribution in [0.2, 0.25) is 0 Å². The number of anilines is 1. The largest absolute Gasteiger partial charge is 0.492 e. The summed E-state index contributed by atoms with van der Waals surface area (Å²) < 4.78 is 1.07. The van der Waals surface area contributed by atoms with Crippen LogP contribution in [0, 0.1) is 0 Å². The van der Waals surface area contributed by atoms with E-state index in [4.69, 9.17) is 0 Å². The van der Waals surface area contributed by atoms with Crippen molar-refractivity contribution >= 4 is 32.4 Å². The topological polar surface area (TPSA) is 45.2 Å². The number of halogens is 1. The SMILES string of the molecule is CC(C)c1sc(N[C@@H](C)c2ccc(Br)cc2)nc1O. The second-order valence-electron chi connectivity index (χ2n) is 4.78. The van der Waals surface area contributed by atoms with Crippen LogP contribution in [0.25, 0.3) is 0 Å². The van der Waals surface area contributed by atoms with Gasteiger partial charge in [-0.05, 0) is 30.5 Å². The van der Waals surface area contributed by atoms with Crippen LogP contribution in [0.3, 0.4) is 0 Å². The van der Waals surface area contributed by atoms with E-state index in [1.54, 1.807) is 0 Å². The first-order chi connectivity index (χ1) is 8.97. The van der Waals surface area contributed by atoms with Gasteiger partial charge in [-0.25, -0.2) is 0 Å². The van der Waals surface area contributed by atoms with Crippen molar-refractivity contribution in [2.24, 2.45) is 0 Å². The van der Waals surface area contributed by atoms with Gasteiger partial charge in [0.15, 0.2) is 5.13 Å². The Balaban J connectivity index is 2.12. The van der Waals surface area contributed by atoms with Gasteiger partial charge in [-0.2, -0.15) is 4.98 Å². The van der Waals surface area contributed by atoms with E-state index in [-0.39, 0.29) is 17.8 Å². The summed E-state index contributed by atoms with van der Waals surface area (Å²) in [5.41, 5.74) is 1.18. The summed E-state index contributed by atoms with van der Waals surface area (Å²) in [6.07, 6.45) is 0. The number of hydrogen-bond donors (Lipinski definition) is 2. The molecule has 0 unspecified atom stereocenters. The van der Waals surface area contributed by atoms with Gasteiger partial charge in [0.2, 0.25) is 5.88 Å². The van der Waals surface area contributed by atoms with E-state index in [9.17, 15) is 5.11 Å². The molecule has 1 heterocycles. The van der Waals surface area contributed by atoms with E-state index in [2.05, 4.69) is 59.1 Å². The minimum Gasteiger partial charge on any atom is -0.492 e. The van der Waals surface area contributed by atoms with Crippen molar-refractivity contribution in [2.75, 3.05) is 5.32 Å². The maximum Gasteiger partial charge on any atom is 0.227 e. The second-order valence-corrected chi connectivity index (χ2v) is 6.73. The third-order valence-electron chi connectivity index (χ3n) is 2.87. The fourth-order valence-electron chi connectivity index (χ4n) is 1.78. The lowest BCUT2D eigenvalue weighted by Crippen LogP contribution is -2.05. The molecule has 5 heteroatoms. The second kappa shape index (κ2) is 5.92. The van der Waals surface area contributed by atoms with Gasteiger partial charge >= 0.3 is 0 Å². The van der Waals surface area contributed by atoms with Gasteiger partial charge in [-0.1, -0.05) is 53.2 Å². The zero-order valence-electron chi connectivity index (χ0n) is 11.1. The molecule has 2 aromatic rings. The molecule has 1 aromatic heterocycles. The molecule has 2 N–H and O–H groups in total. The summed E-state index contributed by atoms with van der Waals surface area (Å²) in [7, 11) is 0. The third kappa shape index (κ3) is 3.48. The molecular weight excluding hydrogens is 324 g/mol. The van der Waals surface area contributed by atoms with Crippen molar-refractivity contribution in [2.45, 2.75) is 32.7 Å². The van der Waals surface area contributed by atoms with Crippen molar-refractivity contribution < 1.29 is 5.11 Å². The molecule has 0 spiro atoms. The van der Waals surface area contributed by atoms with Gasteiger partial charge in [-0.15, -0.1) is 0 Å². The predicted octanol–water partition coefficient (Wildman–Crippen LogP) is 4.91. The van der Waals surface area contributed by atoms with E-state index < -0.39 is 0 Å². The molecule has 0 saturated heterocycles. The van der Waals surface area contributed by atoms with Crippen molar-refractivity contribution in [3.63, 3.8) is 0 Å². The van der Waals surface area contributed by atoms with Crippen molar-refractivity contribution in [3.05, 3.63) is 39.2 Å². The van der Waals surface area contributed by atoms with Crippen LogP contribution < -0.4 is 5.32 Å². The average Bonchev–Trinajstić information content (AvgIpc) is 2.71. The number of nitrogens with zero attached hydrogens (tertiary/aromatic N) is 1. The molecule has 102 valence electrons. The molecular formula is C14H17BrN2OS. The van der Waals surface area contributed by atoms with Crippen LogP contribution in [0.1, 0.15) is 43.2 Å².